The molecule has 0 aliphatic rings. The molecule has 2 rings (SSSR count). The lowest BCUT2D eigenvalue weighted by atomic mass is 10.1. The number of nitrogens with zero attached hydrogens (tertiary/aromatic N) is 1. The molecule has 0 bridgehead atoms. The Morgan fingerprint density at radius 3 is 2.37 bits per heavy atom. The molecule has 0 atom stereocenters. The van der Waals surface area contributed by atoms with Crippen molar-refractivity contribution in [3.63, 3.8) is 0 Å². The van der Waals surface area contributed by atoms with E-state index in [0.717, 1.165) is 29.7 Å². The van der Waals surface area contributed by atoms with Gasteiger partial charge in [-0.05, 0) is 36.5 Å². The summed E-state index contributed by atoms with van der Waals surface area (Å²) in [6.45, 7) is 4.04. The Morgan fingerprint density at radius 1 is 1.04 bits per heavy atom. The zero-order valence-corrected chi connectivity index (χ0v) is 16.8. The predicted molar refractivity (Wildman–Crippen MR) is 110 cm³/mol. The zero-order valence-electron chi connectivity index (χ0n) is 16.0. The smallest absolute Gasteiger partial charge is 0.223 e. The zero-order chi connectivity index (χ0) is 19.7. The van der Waals surface area contributed by atoms with E-state index in [0.29, 0.717) is 13.0 Å². The molecule has 5 nitrogen and oxygen atoms in total. The van der Waals surface area contributed by atoms with Crippen LogP contribution in [0.3, 0.4) is 0 Å². The molecule has 2 aromatic rings. The highest BCUT2D eigenvalue weighted by atomic mass is 32.2. The lowest BCUT2D eigenvalue weighted by molar-refractivity contribution is -0.116. The number of para-hydroxylation sites is 1. The van der Waals surface area contributed by atoms with Gasteiger partial charge < -0.3 is 4.90 Å². The van der Waals surface area contributed by atoms with Gasteiger partial charge in [-0.3, -0.25) is 4.79 Å². The fourth-order valence-corrected chi connectivity index (χ4v) is 4.09. The summed E-state index contributed by atoms with van der Waals surface area (Å²) in [5, 5.41) is 0. The average Bonchev–Trinajstić information content (AvgIpc) is 2.65. The van der Waals surface area contributed by atoms with Crippen LogP contribution in [0.1, 0.15) is 31.4 Å². The number of amides is 1. The summed E-state index contributed by atoms with van der Waals surface area (Å²) >= 11 is 0. The van der Waals surface area contributed by atoms with Gasteiger partial charge in [0.15, 0.2) is 0 Å². The number of carbonyl (C=O) groups excluding carboxylic acids is 1. The van der Waals surface area contributed by atoms with Crippen LogP contribution >= 0.6 is 0 Å². The fraction of sp³-hybridized carbons (Fsp3) is 0.381. The van der Waals surface area contributed by atoms with E-state index in [1.165, 1.54) is 6.92 Å². The second-order valence-corrected chi connectivity index (χ2v) is 8.38. The third-order valence-electron chi connectivity index (χ3n) is 4.42. The third kappa shape index (κ3) is 6.81. The third-order valence-corrected chi connectivity index (χ3v) is 5.89. The SMILES string of the molecule is CCc1ccccc1N(CCNS(=O)(=O)CCCc1ccccc1)C(C)=O. The van der Waals surface area contributed by atoms with Crippen molar-refractivity contribution < 1.29 is 13.2 Å². The van der Waals surface area contributed by atoms with Crippen LogP contribution in [0.5, 0.6) is 0 Å². The number of rotatable bonds is 10. The Kier molecular flexibility index (Phi) is 8.00. The van der Waals surface area contributed by atoms with E-state index in [9.17, 15) is 13.2 Å². The van der Waals surface area contributed by atoms with E-state index in [1.807, 2.05) is 61.5 Å². The molecule has 0 aliphatic carbocycles. The highest BCUT2D eigenvalue weighted by Gasteiger charge is 2.16. The number of hydrogen-bond donors (Lipinski definition) is 1. The van der Waals surface area contributed by atoms with Gasteiger partial charge >= 0.3 is 0 Å². The minimum Gasteiger partial charge on any atom is -0.311 e. The minimum absolute atomic E-state index is 0.0769. The molecule has 27 heavy (non-hydrogen) atoms. The van der Waals surface area contributed by atoms with Gasteiger partial charge in [-0.1, -0.05) is 55.5 Å². The molecule has 0 spiro atoms. The second kappa shape index (κ2) is 10.2. The van der Waals surface area contributed by atoms with Crippen molar-refractivity contribution in [3.05, 3.63) is 65.7 Å². The Hall–Kier alpha value is -2.18. The van der Waals surface area contributed by atoms with Gasteiger partial charge in [-0.2, -0.15) is 0 Å². The summed E-state index contributed by atoms with van der Waals surface area (Å²) in [6.07, 6.45) is 2.10. The first-order chi connectivity index (χ1) is 12.9. The number of anilines is 1. The van der Waals surface area contributed by atoms with Crippen molar-refractivity contribution in [2.45, 2.75) is 33.1 Å². The predicted octanol–water partition coefficient (Wildman–Crippen LogP) is 3.15. The lowest BCUT2D eigenvalue weighted by Gasteiger charge is -2.24. The van der Waals surface area contributed by atoms with Crippen molar-refractivity contribution >= 4 is 21.6 Å². The quantitative estimate of drug-likeness (QED) is 0.680. The monoisotopic (exact) mass is 388 g/mol. The number of hydrogen-bond acceptors (Lipinski definition) is 3. The van der Waals surface area contributed by atoms with E-state index in [-0.39, 0.29) is 18.2 Å². The van der Waals surface area contributed by atoms with E-state index in [1.54, 1.807) is 4.90 Å². The van der Waals surface area contributed by atoms with Crippen molar-refractivity contribution in [3.8, 4) is 0 Å². The summed E-state index contributed by atoms with van der Waals surface area (Å²) < 4.78 is 27.1. The maximum Gasteiger partial charge on any atom is 0.223 e. The molecule has 0 unspecified atom stereocenters. The fourth-order valence-electron chi connectivity index (χ4n) is 3.02. The standard InChI is InChI=1S/C21H28N2O3S/c1-3-20-13-7-8-14-21(20)23(18(2)24)16-15-22-27(25,26)17-9-12-19-10-5-4-6-11-19/h4-8,10-11,13-14,22H,3,9,12,15-17H2,1-2H3. The van der Waals surface area contributed by atoms with Gasteiger partial charge in [0.25, 0.3) is 0 Å². The molecular weight excluding hydrogens is 360 g/mol. The molecule has 0 saturated heterocycles. The van der Waals surface area contributed by atoms with Crippen LogP contribution in [0, 0.1) is 0 Å². The number of nitrogens with one attached hydrogen (secondary N) is 1. The van der Waals surface area contributed by atoms with Gasteiger partial charge in [0.05, 0.1) is 5.75 Å². The van der Waals surface area contributed by atoms with E-state index in [4.69, 9.17) is 0 Å². The van der Waals surface area contributed by atoms with Crippen LogP contribution < -0.4 is 9.62 Å². The Balaban J connectivity index is 1.87. The molecule has 0 heterocycles. The van der Waals surface area contributed by atoms with Crippen LogP contribution in [-0.2, 0) is 27.7 Å². The van der Waals surface area contributed by atoms with Gasteiger partial charge in [-0.15, -0.1) is 0 Å². The van der Waals surface area contributed by atoms with E-state index in [2.05, 4.69) is 4.72 Å². The molecule has 1 amide bonds. The van der Waals surface area contributed by atoms with Crippen molar-refractivity contribution in [2.75, 3.05) is 23.7 Å². The summed E-state index contributed by atoms with van der Waals surface area (Å²) in [7, 11) is -3.36. The van der Waals surface area contributed by atoms with Gasteiger partial charge in [0, 0.05) is 25.7 Å². The number of sulfonamides is 1. The first-order valence-electron chi connectivity index (χ1n) is 9.30. The number of aryl methyl sites for hydroxylation is 2. The molecule has 0 aromatic heterocycles. The Bertz CT molecular complexity index is 836. The van der Waals surface area contributed by atoms with E-state index >= 15 is 0 Å². The molecule has 0 radical (unpaired) electrons. The van der Waals surface area contributed by atoms with Crippen molar-refractivity contribution in [2.24, 2.45) is 0 Å². The highest BCUT2D eigenvalue weighted by Crippen LogP contribution is 2.20. The van der Waals surface area contributed by atoms with Gasteiger partial charge in [0.2, 0.25) is 15.9 Å². The topological polar surface area (TPSA) is 66.5 Å². The first-order valence-corrected chi connectivity index (χ1v) is 11.0. The van der Waals surface area contributed by atoms with Crippen molar-refractivity contribution in [1.29, 1.82) is 0 Å². The maximum atomic E-state index is 12.2. The first kappa shape index (κ1) is 21.1. The molecule has 0 saturated carbocycles. The van der Waals surface area contributed by atoms with Crippen LogP contribution in [0.2, 0.25) is 0 Å². The molecule has 0 fully saturated rings. The maximum absolute atomic E-state index is 12.2. The summed E-state index contributed by atoms with van der Waals surface area (Å²) in [5.74, 6) is -0.0211. The summed E-state index contributed by atoms with van der Waals surface area (Å²) in [6, 6.07) is 17.5. The Labute approximate surface area is 162 Å². The number of benzene rings is 2. The number of carbonyl (C=O) groups is 1. The van der Waals surface area contributed by atoms with Crippen LogP contribution in [-0.4, -0.2) is 33.2 Å². The lowest BCUT2D eigenvalue weighted by Crippen LogP contribution is -2.38. The molecule has 0 aliphatic heterocycles. The largest absolute Gasteiger partial charge is 0.311 e. The molecule has 1 N–H and O–H groups in total. The highest BCUT2D eigenvalue weighted by molar-refractivity contribution is 7.89. The average molecular weight is 389 g/mol. The summed E-state index contributed by atoms with van der Waals surface area (Å²) in [4.78, 5) is 13.7. The van der Waals surface area contributed by atoms with Crippen LogP contribution in [0.4, 0.5) is 5.69 Å². The second-order valence-electron chi connectivity index (χ2n) is 6.46. The van der Waals surface area contributed by atoms with Crippen molar-refractivity contribution in [1.82, 2.24) is 4.72 Å². The minimum atomic E-state index is -3.36. The Morgan fingerprint density at radius 2 is 1.70 bits per heavy atom. The molecule has 146 valence electrons. The molecule has 6 heteroatoms. The van der Waals surface area contributed by atoms with Crippen LogP contribution in [0.15, 0.2) is 54.6 Å². The van der Waals surface area contributed by atoms with Crippen LogP contribution in [0.25, 0.3) is 0 Å². The molecular formula is C21H28N2O3S. The van der Waals surface area contributed by atoms with Gasteiger partial charge in [0.1, 0.15) is 0 Å². The van der Waals surface area contributed by atoms with E-state index < -0.39 is 10.0 Å². The normalized spacial score (nSPS) is 11.3. The van der Waals surface area contributed by atoms with Gasteiger partial charge in [-0.25, -0.2) is 13.1 Å². The molecule has 2 aromatic carbocycles. The summed E-state index contributed by atoms with van der Waals surface area (Å²) in [5.41, 5.74) is 3.04.